The SMILES string of the molecule is COc1ccc(OC)c(CNC(=O)C2CCNCC2)c1.Cl. The number of hydrogen-bond donors (Lipinski definition) is 2. The molecular formula is C15H23ClN2O3. The van der Waals surface area contributed by atoms with Crippen molar-refractivity contribution in [3.05, 3.63) is 23.8 Å². The van der Waals surface area contributed by atoms with Crippen molar-refractivity contribution in [2.45, 2.75) is 19.4 Å². The summed E-state index contributed by atoms with van der Waals surface area (Å²) < 4.78 is 10.5. The van der Waals surface area contributed by atoms with Crippen LogP contribution in [0.3, 0.4) is 0 Å². The molecular weight excluding hydrogens is 292 g/mol. The van der Waals surface area contributed by atoms with Gasteiger partial charge in [0.1, 0.15) is 11.5 Å². The second kappa shape index (κ2) is 8.74. The first kappa shape index (κ1) is 17.6. The number of carbonyl (C=O) groups is 1. The van der Waals surface area contributed by atoms with Gasteiger partial charge >= 0.3 is 0 Å². The number of halogens is 1. The van der Waals surface area contributed by atoms with Gasteiger partial charge in [-0.3, -0.25) is 4.79 Å². The van der Waals surface area contributed by atoms with Crippen LogP contribution in [0.4, 0.5) is 0 Å². The molecule has 1 aliphatic rings. The highest BCUT2D eigenvalue weighted by atomic mass is 35.5. The molecule has 1 heterocycles. The molecule has 0 bridgehead atoms. The molecule has 1 aromatic carbocycles. The third-order valence-electron chi connectivity index (χ3n) is 3.65. The van der Waals surface area contributed by atoms with Crippen LogP contribution in [-0.2, 0) is 11.3 Å². The van der Waals surface area contributed by atoms with Crippen LogP contribution in [0.25, 0.3) is 0 Å². The molecule has 0 unspecified atom stereocenters. The maximum atomic E-state index is 12.1. The lowest BCUT2D eigenvalue weighted by Crippen LogP contribution is -2.37. The molecule has 0 atom stereocenters. The Morgan fingerprint density at radius 2 is 2.00 bits per heavy atom. The van der Waals surface area contributed by atoms with E-state index >= 15 is 0 Å². The summed E-state index contributed by atoms with van der Waals surface area (Å²) in [7, 11) is 3.25. The molecule has 0 saturated carbocycles. The smallest absolute Gasteiger partial charge is 0.223 e. The van der Waals surface area contributed by atoms with E-state index in [0.717, 1.165) is 43.0 Å². The van der Waals surface area contributed by atoms with Crippen molar-refractivity contribution in [2.75, 3.05) is 27.3 Å². The minimum atomic E-state index is 0. The summed E-state index contributed by atoms with van der Waals surface area (Å²) in [6, 6.07) is 5.59. The van der Waals surface area contributed by atoms with E-state index in [4.69, 9.17) is 9.47 Å². The maximum Gasteiger partial charge on any atom is 0.223 e. The number of rotatable bonds is 5. The highest BCUT2D eigenvalue weighted by Crippen LogP contribution is 2.24. The zero-order valence-electron chi connectivity index (χ0n) is 12.5. The number of amides is 1. The van der Waals surface area contributed by atoms with Crippen molar-refractivity contribution in [1.82, 2.24) is 10.6 Å². The summed E-state index contributed by atoms with van der Waals surface area (Å²) in [4.78, 5) is 12.1. The summed E-state index contributed by atoms with van der Waals surface area (Å²) in [5.41, 5.74) is 0.925. The minimum absolute atomic E-state index is 0. The summed E-state index contributed by atoms with van der Waals surface area (Å²) in [5, 5.41) is 6.25. The molecule has 118 valence electrons. The molecule has 5 nitrogen and oxygen atoms in total. The van der Waals surface area contributed by atoms with Gasteiger partial charge in [0.05, 0.1) is 14.2 Å². The number of methoxy groups -OCH3 is 2. The molecule has 1 fully saturated rings. The molecule has 21 heavy (non-hydrogen) atoms. The predicted octanol–water partition coefficient (Wildman–Crippen LogP) is 1.74. The van der Waals surface area contributed by atoms with E-state index in [1.165, 1.54) is 0 Å². The van der Waals surface area contributed by atoms with Crippen molar-refractivity contribution in [2.24, 2.45) is 5.92 Å². The minimum Gasteiger partial charge on any atom is -0.497 e. The van der Waals surface area contributed by atoms with Crippen molar-refractivity contribution in [3.8, 4) is 11.5 Å². The predicted molar refractivity (Wildman–Crippen MR) is 84.2 cm³/mol. The average molecular weight is 315 g/mol. The molecule has 1 amide bonds. The van der Waals surface area contributed by atoms with Crippen LogP contribution in [0.15, 0.2) is 18.2 Å². The first-order chi connectivity index (χ1) is 9.74. The first-order valence-electron chi connectivity index (χ1n) is 6.94. The second-order valence-electron chi connectivity index (χ2n) is 4.92. The van der Waals surface area contributed by atoms with Crippen LogP contribution in [0.1, 0.15) is 18.4 Å². The van der Waals surface area contributed by atoms with Crippen LogP contribution < -0.4 is 20.1 Å². The van der Waals surface area contributed by atoms with Gasteiger partial charge < -0.3 is 20.1 Å². The van der Waals surface area contributed by atoms with E-state index in [1.54, 1.807) is 14.2 Å². The summed E-state index contributed by atoms with van der Waals surface area (Å²) in [6.07, 6.45) is 1.81. The van der Waals surface area contributed by atoms with E-state index in [9.17, 15) is 4.79 Å². The van der Waals surface area contributed by atoms with Gasteiger partial charge in [0.25, 0.3) is 0 Å². The van der Waals surface area contributed by atoms with Crippen molar-refractivity contribution >= 4 is 18.3 Å². The van der Waals surface area contributed by atoms with Crippen LogP contribution in [0, 0.1) is 5.92 Å². The van der Waals surface area contributed by atoms with E-state index in [0.29, 0.717) is 6.54 Å². The number of hydrogen-bond acceptors (Lipinski definition) is 4. The zero-order valence-corrected chi connectivity index (χ0v) is 13.3. The number of carbonyl (C=O) groups excluding carboxylic acids is 1. The number of piperidine rings is 1. The van der Waals surface area contributed by atoms with Crippen LogP contribution in [-0.4, -0.2) is 33.2 Å². The Kier molecular flexibility index (Phi) is 7.32. The highest BCUT2D eigenvalue weighted by molar-refractivity contribution is 5.85. The van der Waals surface area contributed by atoms with Crippen molar-refractivity contribution < 1.29 is 14.3 Å². The second-order valence-corrected chi connectivity index (χ2v) is 4.92. The molecule has 0 spiro atoms. The Labute approximate surface area is 131 Å². The topological polar surface area (TPSA) is 59.6 Å². The van der Waals surface area contributed by atoms with E-state index < -0.39 is 0 Å². The van der Waals surface area contributed by atoms with Crippen LogP contribution >= 0.6 is 12.4 Å². The fourth-order valence-electron chi connectivity index (χ4n) is 2.43. The Balaban J connectivity index is 0.00000220. The lowest BCUT2D eigenvalue weighted by Gasteiger charge is -2.22. The third-order valence-corrected chi connectivity index (χ3v) is 3.65. The normalized spacial score (nSPS) is 15.0. The first-order valence-corrected chi connectivity index (χ1v) is 6.94. The molecule has 1 saturated heterocycles. The Bertz CT molecular complexity index is 462. The monoisotopic (exact) mass is 314 g/mol. The van der Waals surface area contributed by atoms with Gasteiger partial charge in [-0.15, -0.1) is 12.4 Å². The van der Waals surface area contributed by atoms with Crippen molar-refractivity contribution in [1.29, 1.82) is 0 Å². The molecule has 6 heteroatoms. The lowest BCUT2D eigenvalue weighted by molar-refractivity contribution is -0.125. The zero-order chi connectivity index (χ0) is 14.4. The largest absolute Gasteiger partial charge is 0.497 e. The number of nitrogens with one attached hydrogen (secondary N) is 2. The van der Waals surface area contributed by atoms with Gasteiger partial charge in [0.15, 0.2) is 0 Å². The number of benzene rings is 1. The van der Waals surface area contributed by atoms with Crippen LogP contribution in [0.5, 0.6) is 11.5 Å². The van der Waals surface area contributed by atoms with Gasteiger partial charge in [-0.2, -0.15) is 0 Å². The molecule has 0 aliphatic carbocycles. The Morgan fingerprint density at radius 1 is 1.29 bits per heavy atom. The Morgan fingerprint density at radius 3 is 2.62 bits per heavy atom. The quantitative estimate of drug-likeness (QED) is 0.869. The molecule has 2 N–H and O–H groups in total. The summed E-state index contributed by atoms with van der Waals surface area (Å²) in [5.74, 6) is 1.76. The lowest BCUT2D eigenvalue weighted by atomic mass is 9.97. The van der Waals surface area contributed by atoms with Gasteiger partial charge in [-0.1, -0.05) is 0 Å². The molecule has 2 rings (SSSR count). The van der Waals surface area contributed by atoms with Crippen molar-refractivity contribution in [3.63, 3.8) is 0 Å². The van der Waals surface area contributed by atoms with Gasteiger partial charge in [-0.25, -0.2) is 0 Å². The standard InChI is InChI=1S/C15H22N2O3.ClH/c1-19-13-3-4-14(20-2)12(9-13)10-17-15(18)11-5-7-16-8-6-11;/h3-4,9,11,16H,5-8,10H2,1-2H3,(H,17,18);1H. The van der Waals surface area contributed by atoms with Gasteiger partial charge in [0.2, 0.25) is 5.91 Å². The fourth-order valence-corrected chi connectivity index (χ4v) is 2.43. The average Bonchev–Trinajstić information content (AvgIpc) is 2.53. The molecule has 0 aromatic heterocycles. The third kappa shape index (κ3) is 4.79. The van der Waals surface area contributed by atoms with E-state index in [2.05, 4.69) is 10.6 Å². The highest BCUT2D eigenvalue weighted by Gasteiger charge is 2.20. The van der Waals surface area contributed by atoms with E-state index in [-0.39, 0.29) is 24.2 Å². The van der Waals surface area contributed by atoms with E-state index in [1.807, 2.05) is 18.2 Å². The summed E-state index contributed by atoms with van der Waals surface area (Å²) >= 11 is 0. The maximum absolute atomic E-state index is 12.1. The Hall–Kier alpha value is -1.46. The molecule has 0 radical (unpaired) electrons. The van der Waals surface area contributed by atoms with Crippen LogP contribution in [0.2, 0.25) is 0 Å². The fraction of sp³-hybridized carbons (Fsp3) is 0.533. The van der Waals surface area contributed by atoms with Gasteiger partial charge in [-0.05, 0) is 44.1 Å². The number of ether oxygens (including phenoxy) is 2. The summed E-state index contributed by atoms with van der Waals surface area (Å²) in [6.45, 7) is 2.30. The molecule has 1 aliphatic heterocycles. The molecule has 1 aromatic rings. The van der Waals surface area contributed by atoms with Gasteiger partial charge in [0, 0.05) is 18.0 Å².